The molecule has 0 aliphatic carbocycles. The van der Waals surface area contributed by atoms with Crippen LogP contribution in [0.25, 0.3) is 93.6 Å². The summed E-state index contributed by atoms with van der Waals surface area (Å²) in [5.41, 5.74) is 13.7. The zero-order valence-corrected chi connectivity index (χ0v) is 31.2. The predicted octanol–water partition coefficient (Wildman–Crippen LogP) is 13.7. The lowest BCUT2D eigenvalue weighted by Crippen LogP contribution is -2.24. The third-order valence-corrected chi connectivity index (χ3v) is 11.5. The number of fused-ring (bicyclic) bond motifs is 10. The van der Waals surface area contributed by atoms with Crippen LogP contribution in [0.4, 0.5) is 0 Å². The van der Waals surface area contributed by atoms with Crippen LogP contribution in [0.1, 0.15) is 22.9 Å². The van der Waals surface area contributed by atoms with Crippen molar-refractivity contribution in [2.75, 3.05) is 0 Å². The topological polar surface area (TPSA) is 63.6 Å². The monoisotopic (exact) mass is 743 g/mol. The van der Waals surface area contributed by atoms with Crippen LogP contribution in [0.3, 0.4) is 0 Å². The van der Waals surface area contributed by atoms with Gasteiger partial charge in [-0.05, 0) is 70.8 Å². The molecule has 5 nitrogen and oxygen atoms in total. The van der Waals surface area contributed by atoms with Crippen LogP contribution in [-0.2, 0) is 0 Å². The number of para-hydroxylation sites is 2. The average Bonchev–Trinajstić information content (AvgIpc) is 3.87. The molecule has 3 aromatic heterocycles. The maximum absolute atomic E-state index is 6.87. The number of nitrogens with zero attached hydrogens (tertiary/aromatic N) is 2. The molecule has 272 valence electrons. The second-order valence-electron chi connectivity index (χ2n) is 14.9. The second kappa shape index (κ2) is 12.9. The molecule has 0 fully saturated rings. The first-order valence-corrected chi connectivity index (χ1v) is 19.6. The molecule has 1 unspecified atom stereocenters. The molecule has 0 bridgehead atoms. The highest BCUT2D eigenvalue weighted by Crippen LogP contribution is 2.42. The van der Waals surface area contributed by atoms with Crippen LogP contribution in [-0.4, -0.2) is 10.7 Å². The Kier molecular flexibility index (Phi) is 7.23. The van der Waals surface area contributed by atoms with Gasteiger partial charge in [0.25, 0.3) is 0 Å². The van der Waals surface area contributed by atoms with Crippen LogP contribution in [0.2, 0.25) is 0 Å². The molecule has 58 heavy (non-hydrogen) atoms. The van der Waals surface area contributed by atoms with Crippen LogP contribution >= 0.6 is 0 Å². The molecule has 1 atom stereocenters. The Morgan fingerprint density at radius 3 is 1.95 bits per heavy atom. The lowest BCUT2D eigenvalue weighted by Gasteiger charge is -2.25. The van der Waals surface area contributed by atoms with E-state index in [2.05, 4.69) is 157 Å². The van der Waals surface area contributed by atoms with E-state index in [1.165, 1.54) is 0 Å². The van der Waals surface area contributed by atoms with Gasteiger partial charge in [-0.1, -0.05) is 140 Å². The van der Waals surface area contributed by atoms with Gasteiger partial charge in [0.1, 0.15) is 28.5 Å². The van der Waals surface area contributed by atoms with E-state index < -0.39 is 0 Å². The maximum atomic E-state index is 6.87. The molecule has 1 aliphatic heterocycles. The summed E-state index contributed by atoms with van der Waals surface area (Å²) in [4.78, 5) is 10.4. The van der Waals surface area contributed by atoms with Crippen molar-refractivity contribution in [2.24, 2.45) is 4.99 Å². The van der Waals surface area contributed by atoms with Gasteiger partial charge in [-0.3, -0.25) is 4.99 Å². The molecule has 0 amide bonds. The SMILES string of the molecule is C1=C(c2cccc(-c3ccc4c(c3)oc3c4ccc4c(-c5ccccc5)nc5ccccc5c43)c2)NC(c2ccc3c(c2)oc2ccccc23)N=C1c1ccccc1. The minimum absolute atomic E-state index is 0.313. The van der Waals surface area contributed by atoms with E-state index >= 15 is 0 Å². The molecule has 0 radical (unpaired) electrons. The van der Waals surface area contributed by atoms with Gasteiger partial charge in [-0.2, -0.15) is 0 Å². The highest BCUT2D eigenvalue weighted by atomic mass is 16.3. The zero-order chi connectivity index (χ0) is 38.2. The van der Waals surface area contributed by atoms with Crippen molar-refractivity contribution in [1.29, 1.82) is 0 Å². The number of hydrogen-bond acceptors (Lipinski definition) is 5. The summed E-state index contributed by atoms with van der Waals surface area (Å²) >= 11 is 0. The summed E-state index contributed by atoms with van der Waals surface area (Å²) in [6, 6.07) is 63.4. The number of hydrogen-bond donors (Lipinski definition) is 1. The summed E-state index contributed by atoms with van der Waals surface area (Å²) in [6.45, 7) is 0. The minimum Gasteiger partial charge on any atom is -0.456 e. The first kappa shape index (κ1) is 32.5. The van der Waals surface area contributed by atoms with Crippen molar-refractivity contribution >= 4 is 77.0 Å². The smallest absolute Gasteiger partial charge is 0.145 e. The van der Waals surface area contributed by atoms with Crippen molar-refractivity contribution in [3.63, 3.8) is 0 Å². The number of rotatable bonds is 5. The normalized spacial score (nSPS) is 14.4. The molecule has 0 saturated carbocycles. The highest BCUT2D eigenvalue weighted by molar-refractivity contribution is 6.25. The van der Waals surface area contributed by atoms with E-state index in [-0.39, 0.29) is 6.17 Å². The number of furan rings is 2. The third kappa shape index (κ3) is 5.25. The van der Waals surface area contributed by atoms with E-state index in [0.717, 1.165) is 116 Å². The Labute approximate surface area is 333 Å². The fraction of sp³-hybridized carbons (Fsp3) is 0.0189. The van der Waals surface area contributed by atoms with E-state index in [9.17, 15) is 0 Å². The first-order valence-electron chi connectivity index (χ1n) is 19.6. The maximum Gasteiger partial charge on any atom is 0.145 e. The number of nitrogens with one attached hydrogen (secondary N) is 1. The van der Waals surface area contributed by atoms with Gasteiger partial charge in [0.05, 0.1) is 16.9 Å². The van der Waals surface area contributed by atoms with Crippen LogP contribution < -0.4 is 5.32 Å². The Morgan fingerprint density at radius 1 is 0.431 bits per heavy atom. The van der Waals surface area contributed by atoms with E-state index in [0.29, 0.717) is 0 Å². The molecular formula is C53H33N3O2. The Balaban J connectivity index is 0.953. The van der Waals surface area contributed by atoms with Gasteiger partial charge >= 0.3 is 0 Å². The fourth-order valence-corrected chi connectivity index (χ4v) is 8.67. The quantitative estimate of drug-likeness (QED) is 0.178. The van der Waals surface area contributed by atoms with E-state index in [4.69, 9.17) is 18.8 Å². The van der Waals surface area contributed by atoms with Gasteiger partial charge in [0, 0.05) is 54.5 Å². The second-order valence-corrected chi connectivity index (χ2v) is 14.9. The van der Waals surface area contributed by atoms with Gasteiger partial charge in [0.15, 0.2) is 0 Å². The minimum atomic E-state index is -0.313. The number of allylic oxidation sites excluding steroid dienone is 1. The molecular weight excluding hydrogens is 711 g/mol. The Bertz CT molecular complexity index is 3490. The van der Waals surface area contributed by atoms with Crippen molar-refractivity contribution in [2.45, 2.75) is 6.17 Å². The van der Waals surface area contributed by atoms with Gasteiger partial charge in [0.2, 0.25) is 0 Å². The third-order valence-electron chi connectivity index (χ3n) is 11.5. The van der Waals surface area contributed by atoms with E-state index in [1.54, 1.807) is 0 Å². The van der Waals surface area contributed by atoms with Crippen LogP contribution in [0.5, 0.6) is 0 Å². The average molecular weight is 744 g/mol. The highest BCUT2D eigenvalue weighted by Gasteiger charge is 2.22. The summed E-state index contributed by atoms with van der Waals surface area (Å²) in [6.07, 6.45) is 1.84. The summed E-state index contributed by atoms with van der Waals surface area (Å²) in [7, 11) is 0. The lowest BCUT2D eigenvalue weighted by molar-refractivity contribution is 0.650. The summed E-state index contributed by atoms with van der Waals surface area (Å²) < 4.78 is 13.2. The molecule has 12 rings (SSSR count). The standard InChI is InChI=1S/C53H33N3O2/c1-3-12-32(13-4-1)45-31-46(56-53(55-45)37-23-25-39-38-18-8-10-21-47(38)57-48(39)30-37)36-17-11-16-34(28-36)35-22-24-40-41-26-27-43-50(52(41)58-49(40)29-35)42-19-7-9-20-44(42)54-51(43)33-14-5-2-6-15-33/h1-31,53,56H. The number of aliphatic imine (C=N–C) groups is 1. The number of pyridine rings is 1. The number of benzene rings is 8. The largest absolute Gasteiger partial charge is 0.456 e. The lowest BCUT2D eigenvalue weighted by atomic mass is 9.96. The van der Waals surface area contributed by atoms with Gasteiger partial charge in [-0.15, -0.1) is 0 Å². The van der Waals surface area contributed by atoms with Crippen molar-refractivity contribution in [3.8, 4) is 22.4 Å². The summed E-state index contributed by atoms with van der Waals surface area (Å²) in [5, 5.41) is 11.4. The Morgan fingerprint density at radius 2 is 1.07 bits per heavy atom. The van der Waals surface area contributed by atoms with Crippen molar-refractivity contribution in [3.05, 3.63) is 205 Å². The predicted molar refractivity (Wildman–Crippen MR) is 238 cm³/mol. The molecule has 5 heteroatoms. The zero-order valence-electron chi connectivity index (χ0n) is 31.2. The van der Waals surface area contributed by atoms with Crippen molar-refractivity contribution in [1.82, 2.24) is 10.3 Å². The fourth-order valence-electron chi connectivity index (χ4n) is 8.67. The van der Waals surface area contributed by atoms with Gasteiger partial charge in [-0.25, -0.2) is 4.98 Å². The summed E-state index contributed by atoms with van der Waals surface area (Å²) in [5.74, 6) is 0. The molecule has 8 aromatic carbocycles. The molecule has 0 spiro atoms. The number of aromatic nitrogens is 1. The van der Waals surface area contributed by atoms with Gasteiger partial charge < -0.3 is 14.2 Å². The Hall–Kier alpha value is -7.76. The first-order chi connectivity index (χ1) is 28.7. The van der Waals surface area contributed by atoms with E-state index in [1.807, 2.05) is 36.4 Å². The molecule has 11 aromatic rings. The molecule has 4 heterocycles. The molecule has 1 N–H and O–H groups in total. The van der Waals surface area contributed by atoms with Crippen molar-refractivity contribution < 1.29 is 8.83 Å². The van der Waals surface area contributed by atoms with Crippen LogP contribution in [0.15, 0.2) is 202 Å². The molecule has 0 saturated heterocycles. The molecule has 1 aliphatic rings. The van der Waals surface area contributed by atoms with Crippen LogP contribution in [0, 0.1) is 0 Å².